The Balaban J connectivity index is 2.08. The number of ether oxygens (including phenoxy) is 2. The molecule has 0 aliphatic carbocycles. The van der Waals surface area contributed by atoms with Gasteiger partial charge in [0.05, 0.1) is 31.2 Å². The van der Waals surface area contributed by atoms with Gasteiger partial charge in [-0.15, -0.1) is 0 Å². The van der Waals surface area contributed by atoms with Gasteiger partial charge < -0.3 is 14.6 Å². The number of alkyl halides is 3. The lowest BCUT2D eigenvalue weighted by Crippen LogP contribution is -2.39. The Kier molecular flexibility index (Phi) is 7.56. The number of hydrogen-bond donors (Lipinski definition) is 1. The summed E-state index contributed by atoms with van der Waals surface area (Å²) < 4.78 is 51.3. The maximum atomic E-state index is 13.4. The number of nitrogens with zero attached hydrogens (tertiary/aromatic N) is 1. The zero-order valence-corrected chi connectivity index (χ0v) is 18.5. The zero-order valence-electron chi connectivity index (χ0n) is 17.8. The molecule has 2 aromatic rings. The van der Waals surface area contributed by atoms with Crippen molar-refractivity contribution in [1.29, 1.82) is 0 Å². The van der Waals surface area contributed by atoms with Crippen molar-refractivity contribution in [2.75, 3.05) is 26.8 Å². The fourth-order valence-electron chi connectivity index (χ4n) is 4.05. The van der Waals surface area contributed by atoms with E-state index in [9.17, 15) is 23.1 Å². The molecule has 1 saturated heterocycles. The first kappa shape index (κ1) is 24.2. The average Bonchev–Trinajstić information content (AvgIpc) is 2.75. The van der Waals surface area contributed by atoms with Crippen LogP contribution < -0.4 is 9.47 Å². The van der Waals surface area contributed by atoms with Crippen LogP contribution in [-0.4, -0.2) is 42.8 Å². The smallest absolute Gasteiger partial charge is 0.416 e. The quantitative estimate of drug-likeness (QED) is 0.565. The Morgan fingerprint density at radius 2 is 1.88 bits per heavy atom. The maximum Gasteiger partial charge on any atom is 0.416 e. The van der Waals surface area contributed by atoms with Crippen molar-refractivity contribution in [3.8, 4) is 11.5 Å². The number of likely N-dealkylation sites (tertiary alicyclic amines) is 1. The second kappa shape index (κ2) is 10.0. The largest absolute Gasteiger partial charge is 0.493 e. The summed E-state index contributed by atoms with van der Waals surface area (Å²) in [7, 11) is 1.49. The summed E-state index contributed by atoms with van der Waals surface area (Å²) in [6.07, 6.45) is -3.72. The van der Waals surface area contributed by atoms with Gasteiger partial charge >= 0.3 is 12.1 Å². The van der Waals surface area contributed by atoms with E-state index < -0.39 is 29.7 Å². The van der Waals surface area contributed by atoms with Gasteiger partial charge in [-0.2, -0.15) is 13.2 Å². The van der Waals surface area contributed by atoms with E-state index in [0.29, 0.717) is 55.2 Å². The number of carboxylic acid groups (broad SMARTS) is 1. The average molecular weight is 472 g/mol. The van der Waals surface area contributed by atoms with Crippen LogP contribution in [0.4, 0.5) is 13.2 Å². The molecule has 0 saturated carbocycles. The van der Waals surface area contributed by atoms with Crippen molar-refractivity contribution < 1.29 is 32.5 Å². The van der Waals surface area contributed by atoms with Crippen LogP contribution in [0.15, 0.2) is 36.4 Å². The third-order valence-corrected chi connectivity index (χ3v) is 6.01. The van der Waals surface area contributed by atoms with E-state index in [0.717, 1.165) is 12.1 Å². The van der Waals surface area contributed by atoms with Gasteiger partial charge in [0.1, 0.15) is 0 Å². The lowest BCUT2D eigenvalue weighted by molar-refractivity contribution is -0.143. The minimum atomic E-state index is -4.52. The molecule has 0 amide bonds. The minimum absolute atomic E-state index is 0.205. The van der Waals surface area contributed by atoms with Gasteiger partial charge in [0.2, 0.25) is 0 Å². The van der Waals surface area contributed by atoms with Gasteiger partial charge in [0, 0.05) is 5.02 Å². The predicted molar refractivity (Wildman–Crippen MR) is 114 cm³/mol. The van der Waals surface area contributed by atoms with Gasteiger partial charge in [-0.1, -0.05) is 17.7 Å². The summed E-state index contributed by atoms with van der Waals surface area (Å²) >= 11 is 6.40. The minimum Gasteiger partial charge on any atom is -0.493 e. The Morgan fingerprint density at radius 3 is 2.44 bits per heavy atom. The van der Waals surface area contributed by atoms with Crippen molar-refractivity contribution in [2.45, 2.75) is 32.0 Å². The highest BCUT2D eigenvalue weighted by Crippen LogP contribution is 2.41. The molecule has 0 radical (unpaired) electrons. The van der Waals surface area contributed by atoms with Gasteiger partial charge in [-0.3, -0.25) is 9.69 Å². The summed E-state index contributed by atoms with van der Waals surface area (Å²) in [4.78, 5) is 13.3. The van der Waals surface area contributed by atoms with Crippen molar-refractivity contribution in [3.05, 3.63) is 58.1 Å². The van der Waals surface area contributed by atoms with Crippen LogP contribution in [0.25, 0.3) is 0 Å². The molecule has 9 heteroatoms. The van der Waals surface area contributed by atoms with Crippen molar-refractivity contribution in [2.24, 2.45) is 5.92 Å². The van der Waals surface area contributed by atoms with E-state index >= 15 is 0 Å². The second-order valence-corrected chi connectivity index (χ2v) is 8.04. The van der Waals surface area contributed by atoms with E-state index in [1.807, 2.05) is 11.8 Å². The fourth-order valence-corrected chi connectivity index (χ4v) is 4.27. The normalized spacial score (nSPS) is 16.6. The standard InChI is InChI=1S/C23H25ClF3NO4/c1-3-32-19-7-4-15(12-20(19)31-2)21(28-10-8-14(9-11-28)22(29)30)17-13-16(23(25,26)27)5-6-18(17)24/h4-7,12-14,21H,3,8-11H2,1-2H3,(H,29,30). The van der Waals surface area contributed by atoms with E-state index in [-0.39, 0.29) is 5.02 Å². The molecule has 2 aromatic carbocycles. The van der Waals surface area contributed by atoms with Crippen LogP contribution in [0.1, 0.15) is 42.5 Å². The Hall–Kier alpha value is -2.45. The molecule has 0 bridgehead atoms. The molecule has 5 nitrogen and oxygen atoms in total. The molecule has 0 spiro atoms. The van der Waals surface area contributed by atoms with Crippen molar-refractivity contribution in [1.82, 2.24) is 4.90 Å². The van der Waals surface area contributed by atoms with Crippen molar-refractivity contribution in [3.63, 3.8) is 0 Å². The SMILES string of the molecule is CCOc1ccc(C(c2cc(C(F)(F)F)ccc2Cl)N2CCC(C(=O)O)CC2)cc1OC. The number of methoxy groups -OCH3 is 1. The molecule has 1 fully saturated rings. The Morgan fingerprint density at radius 1 is 1.19 bits per heavy atom. The monoisotopic (exact) mass is 471 g/mol. The highest BCUT2D eigenvalue weighted by atomic mass is 35.5. The molecule has 174 valence electrons. The zero-order chi connectivity index (χ0) is 23.5. The van der Waals surface area contributed by atoms with Gasteiger partial charge in [0.15, 0.2) is 11.5 Å². The van der Waals surface area contributed by atoms with E-state index in [1.165, 1.54) is 13.2 Å². The van der Waals surface area contributed by atoms with E-state index in [4.69, 9.17) is 21.1 Å². The molecule has 3 rings (SSSR count). The second-order valence-electron chi connectivity index (χ2n) is 7.63. The van der Waals surface area contributed by atoms with Crippen LogP contribution in [0.5, 0.6) is 11.5 Å². The van der Waals surface area contributed by atoms with Crippen LogP contribution in [-0.2, 0) is 11.0 Å². The van der Waals surface area contributed by atoms with E-state index in [2.05, 4.69) is 0 Å². The summed E-state index contributed by atoms with van der Waals surface area (Å²) in [6.45, 7) is 3.08. The van der Waals surface area contributed by atoms with Crippen LogP contribution in [0.3, 0.4) is 0 Å². The number of carbonyl (C=O) groups is 1. The number of carboxylic acids is 1. The summed E-state index contributed by atoms with van der Waals surface area (Å²) in [5.41, 5.74) is 0.196. The maximum absolute atomic E-state index is 13.4. The summed E-state index contributed by atoms with van der Waals surface area (Å²) in [5, 5.41) is 9.53. The van der Waals surface area contributed by atoms with Gasteiger partial charge in [0.25, 0.3) is 0 Å². The number of benzene rings is 2. The first-order valence-corrected chi connectivity index (χ1v) is 10.7. The summed E-state index contributed by atoms with van der Waals surface area (Å²) in [6, 6.07) is 7.90. The molecule has 1 aliphatic rings. The molecule has 0 aromatic heterocycles. The third kappa shape index (κ3) is 5.30. The molecule has 1 aliphatic heterocycles. The lowest BCUT2D eigenvalue weighted by Gasteiger charge is -2.37. The number of rotatable bonds is 7. The van der Waals surface area contributed by atoms with Crippen LogP contribution in [0, 0.1) is 5.92 Å². The lowest BCUT2D eigenvalue weighted by atomic mass is 9.90. The molecule has 1 N–H and O–H groups in total. The third-order valence-electron chi connectivity index (χ3n) is 5.67. The molecule has 1 atom stereocenters. The molecule has 1 unspecified atom stereocenters. The molecular formula is C23H25ClF3NO4. The number of halogens is 4. The van der Waals surface area contributed by atoms with Gasteiger partial charge in [-0.25, -0.2) is 0 Å². The summed E-state index contributed by atoms with van der Waals surface area (Å²) in [5.74, 6) is -0.352. The highest BCUT2D eigenvalue weighted by Gasteiger charge is 2.35. The first-order valence-electron chi connectivity index (χ1n) is 10.3. The van der Waals surface area contributed by atoms with Gasteiger partial charge in [-0.05, 0) is 74.3 Å². The predicted octanol–water partition coefficient (Wildman–Crippen LogP) is 5.65. The molecule has 1 heterocycles. The number of piperidine rings is 1. The first-order chi connectivity index (χ1) is 15.2. The van der Waals surface area contributed by atoms with Crippen molar-refractivity contribution >= 4 is 17.6 Å². The van der Waals surface area contributed by atoms with E-state index in [1.54, 1.807) is 18.2 Å². The fraction of sp³-hybridized carbons (Fsp3) is 0.435. The molecule has 32 heavy (non-hydrogen) atoms. The van der Waals surface area contributed by atoms with Crippen LogP contribution in [0.2, 0.25) is 5.02 Å². The Bertz CT molecular complexity index is 959. The molecular weight excluding hydrogens is 447 g/mol. The number of aliphatic carboxylic acids is 1. The Labute approximate surface area is 189 Å². The number of hydrogen-bond acceptors (Lipinski definition) is 4. The highest BCUT2D eigenvalue weighted by molar-refractivity contribution is 6.31. The topological polar surface area (TPSA) is 59.0 Å². The van der Waals surface area contributed by atoms with Crippen LogP contribution >= 0.6 is 11.6 Å².